The van der Waals surface area contributed by atoms with E-state index in [1.54, 1.807) is 0 Å². The molecule has 2 nitrogen and oxygen atoms in total. The van der Waals surface area contributed by atoms with Crippen LogP contribution in [0.3, 0.4) is 0 Å². The third-order valence-electron chi connectivity index (χ3n) is 4.28. The van der Waals surface area contributed by atoms with E-state index < -0.39 is 0 Å². The molecule has 1 rings (SSSR count). The van der Waals surface area contributed by atoms with Crippen LogP contribution in [0.25, 0.3) is 0 Å². The molecular formula is C16H34N2. The van der Waals surface area contributed by atoms with Gasteiger partial charge in [0.05, 0.1) is 0 Å². The van der Waals surface area contributed by atoms with E-state index in [9.17, 15) is 0 Å². The van der Waals surface area contributed by atoms with E-state index in [2.05, 4.69) is 58.9 Å². The van der Waals surface area contributed by atoms with Crippen molar-refractivity contribution in [1.82, 2.24) is 10.2 Å². The molecule has 2 atom stereocenters. The fourth-order valence-electron chi connectivity index (χ4n) is 3.57. The van der Waals surface area contributed by atoms with Gasteiger partial charge in [0.2, 0.25) is 0 Å². The summed E-state index contributed by atoms with van der Waals surface area (Å²) in [5, 5.41) is 3.83. The van der Waals surface area contributed by atoms with Gasteiger partial charge in [0.1, 0.15) is 0 Å². The highest BCUT2D eigenvalue weighted by atomic mass is 15.1. The van der Waals surface area contributed by atoms with Gasteiger partial charge in [0.25, 0.3) is 0 Å². The van der Waals surface area contributed by atoms with E-state index in [1.807, 2.05) is 0 Å². The molecule has 1 aliphatic carbocycles. The zero-order valence-electron chi connectivity index (χ0n) is 13.6. The Hall–Kier alpha value is -0.0800. The van der Waals surface area contributed by atoms with Crippen LogP contribution in [-0.2, 0) is 0 Å². The molecule has 108 valence electrons. The lowest BCUT2D eigenvalue weighted by Gasteiger charge is -2.41. The third-order valence-corrected chi connectivity index (χ3v) is 4.28. The van der Waals surface area contributed by atoms with Crippen LogP contribution in [0.15, 0.2) is 0 Å². The molecule has 0 spiro atoms. The summed E-state index contributed by atoms with van der Waals surface area (Å²) >= 11 is 0. The maximum Gasteiger partial charge on any atom is 0.00933 e. The van der Waals surface area contributed by atoms with Crippen molar-refractivity contribution >= 4 is 0 Å². The van der Waals surface area contributed by atoms with Crippen LogP contribution in [0.5, 0.6) is 0 Å². The molecule has 0 aliphatic heterocycles. The Morgan fingerprint density at radius 1 is 1.28 bits per heavy atom. The van der Waals surface area contributed by atoms with E-state index >= 15 is 0 Å². The van der Waals surface area contributed by atoms with Crippen molar-refractivity contribution in [2.75, 3.05) is 27.2 Å². The Morgan fingerprint density at radius 3 is 2.39 bits per heavy atom. The molecular weight excluding hydrogens is 220 g/mol. The van der Waals surface area contributed by atoms with Crippen molar-refractivity contribution in [2.24, 2.45) is 16.7 Å². The lowest BCUT2D eigenvalue weighted by Crippen LogP contribution is -2.47. The summed E-state index contributed by atoms with van der Waals surface area (Å²) in [7, 11) is 4.32. The summed E-state index contributed by atoms with van der Waals surface area (Å²) in [6, 6.07) is 0.722. The third kappa shape index (κ3) is 5.27. The molecule has 0 aromatic carbocycles. The summed E-state index contributed by atoms with van der Waals surface area (Å²) in [6.45, 7) is 14.2. The average molecular weight is 254 g/mol. The monoisotopic (exact) mass is 254 g/mol. The van der Waals surface area contributed by atoms with Crippen molar-refractivity contribution in [1.29, 1.82) is 0 Å². The van der Waals surface area contributed by atoms with Gasteiger partial charge in [-0.3, -0.25) is 0 Å². The van der Waals surface area contributed by atoms with Crippen LogP contribution in [0.4, 0.5) is 0 Å². The van der Waals surface area contributed by atoms with Gasteiger partial charge in [0, 0.05) is 19.1 Å². The second-order valence-electron chi connectivity index (χ2n) is 8.27. The predicted molar refractivity (Wildman–Crippen MR) is 80.9 cm³/mol. The molecule has 0 bridgehead atoms. The second-order valence-corrected chi connectivity index (χ2v) is 8.27. The van der Waals surface area contributed by atoms with E-state index in [4.69, 9.17) is 0 Å². The van der Waals surface area contributed by atoms with Crippen molar-refractivity contribution in [3.05, 3.63) is 0 Å². The first-order valence-corrected chi connectivity index (χ1v) is 7.49. The van der Waals surface area contributed by atoms with Gasteiger partial charge in [0.15, 0.2) is 0 Å². The molecule has 1 saturated carbocycles. The highest BCUT2D eigenvalue weighted by Gasteiger charge is 2.32. The molecule has 0 radical (unpaired) electrons. The minimum absolute atomic E-state index is 0.357. The second kappa shape index (κ2) is 5.92. The molecule has 0 heterocycles. The largest absolute Gasteiger partial charge is 0.313 e. The maximum atomic E-state index is 3.83. The molecule has 0 aromatic rings. The predicted octanol–water partition coefficient (Wildman–Crippen LogP) is 3.38. The van der Waals surface area contributed by atoms with Gasteiger partial charge < -0.3 is 10.2 Å². The Kier molecular flexibility index (Phi) is 5.25. The van der Waals surface area contributed by atoms with Crippen LogP contribution >= 0.6 is 0 Å². The first-order chi connectivity index (χ1) is 8.11. The first kappa shape index (κ1) is 16.0. The number of hydrogen-bond donors (Lipinski definition) is 1. The fourth-order valence-corrected chi connectivity index (χ4v) is 3.57. The van der Waals surface area contributed by atoms with Crippen LogP contribution in [-0.4, -0.2) is 38.1 Å². The fraction of sp³-hybridized carbons (Fsp3) is 1.00. The van der Waals surface area contributed by atoms with Gasteiger partial charge >= 0.3 is 0 Å². The summed E-state index contributed by atoms with van der Waals surface area (Å²) < 4.78 is 0. The van der Waals surface area contributed by atoms with Gasteiger partial charge in [-0.1, -0.05) is 34.6 Å². The summed E-state index contributed by atoms with van der Waals surface area (Å²) in [5.74, 6) is 0.809. The number of hydrogen-bond acceptors (Lipinski definition) is 2. The van der Waals surface area contributed by atoms with Crippen LogP contribution in [0.2, 0.25) is 0 Å². The number of nitrogens with zero attached hydrogens (tertiary/aromatic N) is 1. The zero-order valence-corrected chi connectivity index (χ0v) is 13.6. The lowest BCUT2D eigenvalue weighted by atomic mass is 9.70. The minimum atomic E-state index is 0.357. The molecule has 1 aliphatic rings. The highest BCUT2D eigenvalue weighted by Crippen LogP contribution is 2.38. The number of rotatable bonds is 5. The van der Waals surface area contributed by atoms with Crippen molar-refractivity contribution in [3.8, 4) is 0 Å². The van der Waals surface area contributed by atoms with E-state index in [0.717, 1.165) is 25.0 Å². The quantitative estimate of drug-likeness (QED) is 0.809. The smallest absolute Gasteiger partial charge is 0.00933 e. The number of nitrogens with one attached hydrogen (secondary N) is 1. The van der Waals surface area contributed by atoms with Crippen molar-refractivity contribution in [3.63, 3.8) is 0 Å². The maximum absolute atomic E-state index is 3.83. The molecule has 0 aromatic heterocycles. The molecule has 0 amide bonds. The van der Waals surface area contributed by atoms with E-state index in [-0.39, 0.29) is 0 Å². The molecule has 2 heteroatoms. The normalized spacial score (nSPS) is 28.7. The Labute approximate surface area is 115 Å². The first-order valence-electron chi connectivity index (χ1n) is 7.49. The van der Waals surface area contributed by atoms with E-state index in [0.29, 0.717) is 10.8 Å². The molecule has 0 saturated heterocycles. The Morgan fingerprint density at radius 2 is 1.89 bits per heavy atom. The molecule has 2 unspecified atom stereocenters. The van der Waals surface area contributed by atoms with Crippen LogP contribution in [0, 0.1) is 16.7 Å². The minimum Gasteiger partial charge on any atom is -0.313 e. The summed E-state index contributed by atoms with van der Waals surface area (Å²) in [4.78, 5) is 2.29. The van der Waals surface area contributed by atoms with Crippen LogP contribution in [0.1, 0.15) is 53.9 Å². The van der Waals surface area contributed by atoms with Gasteiger partial charge in [-0.25, -0.2) is 0 Å². The molecule has 1 N–H and O–H groups in total. The van der Waals surface area contributed by atoms with Crippen molar-refractivity contribution in [2.45, 2.75) is 59.9 Å². The zero-order chi connectivity index (χ0) is 14.0. The van der Waals surface area contributed by atoms with Gasteiger partial charge in [-0.15, -0.1) is 0 Å². The topological polar surface area (TPSA) is 15.3 Å². The van der Waals surface area contributed by atoms with Gasteiger partial charge in [-0.2, -0.15) is 0 Å². The molecule has 1 fully saturated rings. The molecule has 18 heavy (non-hydrogen) atoms. The Bertz CT molecular complexity index is 256. The standard InChI is InChI=1S/C16H34N2/c1-13-10-15(2,3)9-8-14(13)17-11-16(4,5)12-18(6)7/h13-14,17H,8-12H2,1-7H3. The van der Waals surface area contributed by atoms with Crippen molar-refractivity contribution < 1.29 is 0 Å². The van der Waals surface area contributed by atoms with Gasteiger partial charge in [-0.05, 0) is 50.1 Å². The lowest BCUT2D eigenvalue weighted by molar-refractivity contribution is 0.134. The highest BCUT2D eigenvalue weighted by molar-refractivity contribution is 4.88. The summed E-state index contributed by atoms with van der Waals surface area (Å²) in [5.41, 5.74) is 0.910. The summed E-state index contributed by atoms with van der Waals surface area (Å²) in [6.07, 6.45) is 4.06. The van der Waals surface area contributed by atoms with Crippen LogP contribution < -0.4 is 5.32 Å². The average Bonchev–Trinajstić information content (AvgIpc) is 2.12. The SMILES string of the molecule is CC1CC(C)(C)CCC1NCC(C)(C)CN(C)C. The Balaban J connectivity index is 2.40. The van der Waals surface area contributed by atoms with E-state index in [1.165, 1.54) is 19.3 Å².